The van der Waals surface area contributed by atoms with Crippen LogP contribution in [0, 0.1) is 6.92 Å². The molecule has 8 heteroatoms. The normalized spacial score (nSPS) is 11.6. The van der Waals surface area contributed by atoms with E-state index < -0.39 is 0 Å². The summed E-state index contributed by atoms with van der Waals surface area (Å²) in [5, 5.41) is 13.7. The van der Waals surface area contributed by atoms with Gasteiger partial charge in [-0.1, -0.05) is 86.6 Å². The van der Waals surface area contributed by atoms with E-state index in [4.69, 9.17) is 0 Å². The third kappa shape index (κ3) is 6.69. The average Bonchev–Trinajstić information content (AvgIpc) is 3.32. The molecule has 1 amide bonds. The Morgan fingerprint density at radius 3 is 2.24 bits per heavy atom. The second-order valence-corrected chi connectivity index (χ2v) is 11.3. The Morgan fingerprint density at radius 2 is 1.63 bits per heavy atom. The molecule has 4 rings (SSSR count). The van der Waals surface area contributed by atoms with Crippen molar-refractivity contribution in [2.24, 2.45) is 5.10 Å². The summed E-state index contributed by atoms with van der Waals surface area (Å²) in [6.45, 7) is 8.64. The van der Waals surface area contributed by atoms with Gasteiger partial charge in [-0.15, -0.1) is 10.2 Å². The van der Waals surface area contributed by atoms with Gasteiger partial charge < -0.3 is 4.90 Å². The number of hydrogen-bond acceptors (Lipinski definition) is 6. The van der Waals surface area contributed by atoms with Crippen LogP contribution in [0.25, 0.3) is 17.1 Å². The van der Waals surface area contributed by atoms with Crippen LogP contribution in [0.4, 0.5) is 5.69 Å². The van der Waals surface area contributed by atoms with Crippen LogP contribution >= 0.6 is 11.8 Å². The molecule has 1 heterocycles. The first-order valence-corrected chi connectivity index (χ1v) is 13.5. The fraction of sp³-hybridized carbons (Fsp3) is 0.267. The highest BCUT2D eigenvalue weighted by molar-refractivity contribution is 7.99. The van der Waals surface area contributed by atoms with Gasteiger partial charge in [-0.3, -0.25) is 9.36 Å². The summed E-state index contributed by atoms with van der Waals surface area (Å²) < 4.78 is 2.00. The molecule has 0 radical (unpaired) electrons. The largest absolute Gasteiger partial charge is 0.378 e. The van der Waals surface area contributed by atoms with Gasteiger partial charge in [0.05, 0.1) is 12.0 Å². The molecule has 0 spiro atoms. The quantitative estimate of drug-likeness (QED) is 0.177. The Labute approximate surface area is 229 Å². The standard InChI is InChI=1S/C30H34N6OS/c1-21-7-15-26(16-8-21)36-28(23-11-13-24(14-12-23)30(2,3)4)33-34-29(36)38-20-27(37)32-31-19-22-9-17-25(18-10-22)35(5)6/h7-19H,20H2,1-6H3,(H,32,37). The van der Waals surface area contributed by atoms with Gasteiger partial charge in [-0.2, -0.15) is 5.10 Å². The first-order valence-electron chi connectivity index (χ1n) is 12.5. The van der Waals surface area contributed by atoms with E-state index in [1.165, 1.54) is 22.9 Å². The van der Waals surface area contributed by atoms with Crippen LogP contribution in [0.3, 0.4) is 0 Å². The molecule has 0 unspecified atom stereocenters. The minimum Gasteiger partial charge on any atom is -0.378 e. The van der Waals surface area contributed by atoms with E-state index in [0.29, 0.717) is 5.16 Å². The van der Waals surface area contributed by atoms with Crippen LogP contribution in [0.5, 0.6) is 0 Å². The number of carbonyl (C=O) groups excluding carboxylic acids is 1. The van der Waals surface area contributed by atoms with Gasteiger partial charge in [-0.25, -0.2) is 5.43 Å². The third-order valence-electron chi connectivity index (χ3n) is 6.08. The maximum Gasteiger partial charge on any atom is 0.250 e. The second-order valence-electron chi connectivity index (χ2n) is 10.4. The number of aryl methyl sites for hydroxylation is 1. The first-order chi connectivity index (χ1) is 18.1. The van der Waals surface area contributed by atoms with Crippen molar-refractivity contribution in [1.29, 1.82) is 0 Å². The molecule has 3 aromatic carbocycles. The predicted octanol–water partition coefficient (Wildman–Crippen LogP) is 5.85. The molecule has 0 saturated heterocycles. The Balaban J connectivity index is 1.50. The van der Waals surface area contributed by atoms with Crippen molar-refractivity contribution in [3.05, 3.63) is 89.5 Å². The molecule has 0 fully saturated rings. The summed E-state index contributed by atoms with van der Waals surface area (Å²) in [7, 11) is 3.98. The molecule has 0 aliphatic carbocycles. The highest BCUT2D eigenvalue weighted by Crippen LogP contribution is 2.30. The highest BCUT2D eigenvalue weighted by Gasteiger charge is 2.19. The minimum atomic E-state index is -0.217. The Hall–Kier alpha value is -3.91. The maximum absolute atomic E-state index is 12.5. The monoisotopic (exact) mass is 526 g/mol. The zero-order chi connectivity index (χ0) is 27.3. The van der Waals surface area contributed by atoms with Crippen molar-refractivity contribution < 1.29 is 4.79 Å². The molecule has 0 saturated carbocycles. The molecule has 4 aromatic rings. The zero-order valence-electron chi connectivity index (χ0n) is 22.8. The van der Waals surface area contributed by atoms with Crippen LogP contribution in [-0.2, 0) is 10.2 Å². The molecule has 0 aliphatic heterocycles. The molecular weight excluding hydrogens is 492 g/mol. The number of rotatable bonds is 8. The third-order valence-corrected chi connectivity index (χ3v) is 7.01. The number of anilines is 1. The van der Waals surface area contributed by atoms with Gasteiger partial charge in [0.1, 0.15) is 0 Å². The SMILES string of the molecule is Cc1ccc(-n2c(SCC(=O)NN=Cc3ccc(N(C)C)cc3)nnc2-c2ccc(C(C)(C)C)cc2)cc1. The molecule has 0 bridgehead atoms. The molecule has 196 valence electrons. The highest BCUT2D eigenvalue weighted by atomic mass is 32.2. The summed E-state index contributed by atoms with van der Waals surface area (Å²) in [6, 6.07) is 24.6. The second kappa shape index (κ2) is 11.6. The van der Waals surface area contributed by atoms with Crippen LogP contribution < -0.4 is 10.3 Å². The van der Waals surface area contributed by atoms with Crippen LogP contribution in [0.15, 0.2) is 83.1 Å². The Bertz CT molecular complexity index is 1400. The van der Waals surface area contributed by atoms with E-state index in [1.807, 2.05) is 60.0 Å². The van der Waals surface area contributed by atoms with E-state index in [0.717, 1.165) is 28.3 Å². The van der Waals surface area contributed by atoms with Crippen LogP contribution in [0.1, 0.15) is 37.5 Å². The number of thioether (sulfide) groups is 1. The van der Waals surface area contributed by atoms with E-state index in [9.17, 15) is 4.79 Å². The summed E-state index contributed by atoms with van der Waals surface area (Å²) in [5.41, 5.74) is 9.01. The fourth-order valence-electron chi connectivity index (χ4n) is 3.80. The van der Waals surface area contributed by atoms with Crippen LogP contribution in [-0.4, -0.2) is 46.7 Å². The number of carbonyl (C=O) groups is 1. The van der Waals surface area contributed by atoms with Gasteiger partial charge in [0.25, 0.3) is 5.91 Å². The summed E-state index contributed by atoms with van der Waals surface area (Å²) in [4.78, 5) is 14.6. The van der Waals surface area contributed by atoms with Gasteiger partial charge >= 0.3 is 0 Å². The number of aromatic nitrogens is 3. The zero-order valence-corrected chi connectivity index (χ0v) is 23.6. The van der Waals surface area contributed by atoms with Gasteiger partial charge in [0.2, 0.25) is 0 Å². The lowest BCUT2D eigenvalue weighted by molar-refractivity contribution is -0.118. The van der Waals surface area contributed by atoms with E-state index in [1.54, 1.807) is 6.21 Å². The molecule has 0 atom stereocenters. The topological polar surface area (TPSA) is 75.4 Å². The number of nitrogens with one attached hydrogen (secondary N) is 1. The number of hydrazone groups is 1. The summed E-state index contributed by atoms with van der Waals surface area (Å²) in [6.07, 6.45) is 1.64. The van der Waals surface area contributed by atoms with Crippen molar-refractivity contribution in [1.82, 2.24) is 20.2 Å². The molecular formula is C30H34N6OS. The maximum atomic E-state index is 12.5. The smallest absolute Gasteiger partial charge is 0.250 e. The summed E-state index contributed by atoms with van der Waals surface area (Å²) in [5.74, 6) is 0.672. The van der Waals surface area contributed by atoms with Crippen molar-refractivity contribution in [2.45, 2.75) is 38.3 Å². The minimum absolute atomic E-state index is 0.0652. The lowest BCUT2D eigenvalue weighted by atomic mass is 9.87. The van der Waals surface area contributed by atoms with E-state index in [2.05, 4.69) is 84.8 Å². The predicted molar refractivity (Wildman–Crippen MR) is 157 cm³/mol. The number of benzene rings is 3. The van der Waals surface area contributed by atoms with Crippen molar-refractivity contribution in [3.8, 4) is 17.1 Å². The average molecular weight is 527 g/mol. The number of amides is 1. The van der Waals surface area contributed by atoms with Crippen molar-refractivity contribution >= 4 is 29.6 Å². The molecule has 1 aromatic heterocycles. The van der Waals surface area contributed by atoms with Crippen molar-refractivity contribution in [2.75, 3.05) is 24.7 Å². The van der Waals surface area contributed by atoms with Gasteiger partial charge in [-0.05, 0) is 47.7 Å². The Kier molecular flexibility index (Phi) is 8.32. The van der Waals surface area contributed by atoms with E-state index >= 15 is 0 Å². The molecule has 7 nitrogen and oxygen atoms in total. The van der Waals surface area contributed by atoms with Gasteiger partial charge in [0, 0.05) is 31.0 Å². The molecule has 38 heavy (non-hydrogen) atoms. The van der Waals surface area contributed by atoms with Crippen LogP contribution in [0.2, 0.25) is 0 Å². The lowest BCUT2D eigenvalue weighted by Crippen LogP contribution is -2.20. The van der Waals surface area contributed by atoms with E-state index in [-0.39, 0.29) is 17.1 Å². The Morgan fingerprint density at radius 1 is 0.974 bits per heavy atom. The molecule has 0 aliphatic rings. The lowest BCUT2D eigenvalue weighted by Gasteiger charge is -2.19. The fourth-order valence-corrected chi connectivity index (χ4v) is 4.54. The summed E-state index contributed by atoms with van der Waals surface area (Å²) >= 11 is 1.33. The van der Waals surface area contributed by atoms with Crippen molar-refractivity contribution in [3.63, 3.8) is 0 Å². The molecule has 1 N–H and O–H groups in total. The number of nitrogens with zero attached hydrogens (tertiary/aromatic N) is 5. The number of hydrogen-bond donors (Lipinski definition) is 1. The first kappa shape index (κ1) is 27.1. The van der Waals surface area contributed by atoms with Gasteiger partial charge in [0.15, 0.2) is 11.0 Å².